The summed E-state index contributed by atoms with van der Waals surface area (Å²) in [5.74, 6) is 1.00. The quantitative estimate of drug-likeness (QED) is 0.789. The molecule has 0 spiro atoms. The van der Waals surface area contributed by atoms with Crippen molar-refractivity contribution >= 4 is 33.9 Å². The fraction of sp³-hybridized carbons (Fsp3) is 0.500. The van der Waals surface area contributed by atoms with E-state index in [0.29, 0.717) is 0 Å². The lowest BCUT2D eigenvalue weighted by Crippen LogP contribution is -2.26. The van der Waals surface area contributed by atoms with Crippen molar-refractivity contribution in [3.63, 3.8) is 0 Å². The Balaban J connectivity index is 2.30. The fourth-order valence-electron chi connectivity index (χ4n) is 1.86. The Kier molecular flexibility index (Phi) is 5.13. The smallest absolute Gasteiger partial charge is 0.148 e. The first-order valence-electron chi connectivity index (χ1n) is 6.11. The number of nitrogens with one attached hydrogen (secondary N) is 1. The number of thiophene rings is 1. The number of halogens is 1. The van der Waals surface area contributed by atoms with Crippen LogP contribution in [0.25, 0.3) is 0 Å². The van der Waals surface area contributed by atoms with E-state index in [1.807, 2.05) is 4.68 Å². The topological polar surface area (TPSA) is 42.7 Å². The lowest BCUT2D eigenvalue weighted by molar-refractivity contribution is 0.520. The number of hydrogen-bond acceptors (Lipinski definition) is 4. The summed E-state index contributed by atoms with van der Waals surface area (Å²) in [6.45, 7) is 6.09. The molecule has 2 rings (SSSR count). The second-order valence-corrected chi connectivity index (χ2v) is 6.81. The van der Waals surface area contributed by atoms with Crippen LogP contribution in [0.4, 0.5) is 0 Å². The van der Waals surface area contributed by atoms with Crippen molar-refractivity contribution in [1.82, 2.24) is 20.1 Å². The summed E-state index contributed by atoms with van der Waals surface area (Å²) in [4.78, 5) is 4.42. The third-order valence-electron chi connectivity index (χ3n) is 2.72. The van der Waals surface area contributed by atoms with E-state index >= 15 is 0 Å². The summed E-state index contributed by atoms with van der Waals surface area (Å²) in [6, 6.07) is 2.36. The van der Waals surface area contributed by atoms with E-state index in [2.05, 4.69) is 63.3 Å². The SMILES string of the molecule is CCCNC(c1csc(I)c1)c1ncnn1CC. The van der Waals surface area contributed by atoms with Gasteiger partial charge in [-0.15, -0.1) is 11.3 Å². The molecule has 6 heteroatoms. The molecule has 0 radical (unpaired) electrons. The van der Waals surface area contributed by atoms with Gasteiger partial charge in [-0.25, -0.2) is 9.67 Å². The van der Waals surface area contributed by atoms with Crippen LogP contribution < -0.4 is 5.32 Å². The van der Waals surface area contributed by atoms with E-state index in [4.69, 9.17) is 0 Å². The van der Waals surface area contributed by atoms with Gasteiger partial charge >= 0.3 is 0 Å². The fourth-order valence-corrected chi connectivity index (χ4v) is 3.26. The largest absolute Gasteiger partial charge is 0.304 e. The van der Waals surface area contributed by atoms with E-state index in [1.165, 1.54) is 8.45 Å². The Morgan fingerprint density at radius 1 is 1.50 bits per heavy atom. The average Bonchev–Trinajstić information content (AvgIpc) is 2.99. The van der Waals surface area contributed by atoms with Crippen molar-refractivity contribution in [3.8, 4) is 0 Å². The van der Waals surface area contributed by atoms with E-state index in [-0.39, 0.29) is 6.04 Å². The molecule has 0 fully saturated rings. The minimum Gasteiger partial charge on any atom is -0.304 e. The van der Waals surface area contributed by atoms with Gasteiger partial charge in [-0.1, -0.05) is 6.92 Å². The molecule has 18 heavy (non-hydrogen) atoms. The molecule has 1 atom stereocenters. The highest BCUT2D eigenvalue weighted by molar-refractivity contribution is 14.1. The minimum absolute atomic E-state index is 0.146. The molecule has 0 saturated carbocycles. The van der Waals surface area contributed by atoms with Gasteiger partial charge in [0, 0.05) is 6.54 Å². The molecule has 2 aromatic heterocycles. The molecule has 0 saturated heterocycles. The van der Waals surface area contributed by atoms with Crippen LogP contribution in [0.15, 0.2) is 17.8 Å². The van der Waals surface area contributed by atoms with Gasteiger partial charge in [-0.05, 0) is 59.5 Å². The summed E-state index contributed by atoms with van der Waals surface area (Å²) in [5, 5.41) is 10.0. The number of aromatic nitrogens is 3. The lowest BCUT2D eigenvalue weighted by Gasteiger charge is -2.17. The van der Waals surface area contributed by atoms with E-state index in [1.54, 1.807) is 17.7 Å². The van der Waals surface area contributed by atoms with Crippen LogP contribution in [0.2, 0.25) is 0 Å². The number of nitrogens with zero attached hydrogens (tertiary/aromatic N) is 3. The van der Waals surface area contributed by atoms with Crippen molar-refractivity contribution in [2.75, 3.05) is 6.54 Å². The van der Waals surface area contributed by atoms with Crippen LogP contribution >= 0.6 is 33.9 Å². The first-order valence-corrected chi connectivity index (χ1v) is 8.07. The number of rotatable bonds is 6. The van der Waals surface area contributed by atoms with E-state index < -0.39 is 0 Å². The summed E-state index contributed by atoms with van der Waals surface area (Å²) >= 11 is 4.12. The van der Waals surface area contributed by atoms with Gasteiger partial charge in [-0.3, -0.25) is 0 Å². The monoisotopic (exact) mass is 376 g/mol. The second kappa shape index (κ2) is 6.63. The van der Waals surface area contributed by atoms with Crippen LogP contribution in [0.1, 0.15) is 37.7 Å². The normalized spacial score (nSPS) is 12.8. The van der Waals surface area contributed by atoms with Crippen molar-refractivity contribution in [1.29, 1.82) is 0 Å². The van der Waals surface area contributed by atoms with Crippen molar-refractivity contribution in [2.45, 2.75) is 32.9 Å². The van der Waals surface area contributed by atoms with Gasteiger partial charge in [0.1, 0.15) is 12.2 Å². The lowest BCUT2D eigenvalue weighted by atomic mass is 10.1. The third-order valence-corrected chi connectivity index (χ3v) is 4.53. The van der Waals surface area contributed by atoms with E-state index in [9.17, 15) is 0 Å². The molecule has 2 aromatic rings. The van der Waals surface area contributed by atoms with Crippen LogP contribution in [0.5, 0.6) is 0 Å². The molecule has 4 nitrogen and oxygen atoms in total. The Morgan fingerprint density at radius 2 is 2.33 bits per heavy atom. The first kappa shape index (κ1) is 14.0. The van der Waals surface area contributed by atoms with Crippen LogP contribution in [0.3, 0.4) is 0 Å². The summed E-state index contributed by atoms with van der Waals surface area (Å²) < 4.78 is 3.26. The number of aryl methyl sites for hydroxylation is 1. The van der Waals surface area contributed by atoms with Gasteiger partial charge in [0.15, 0.2) is 0 Å². The van der Waals surface area contributed by atoms with Crippen molar-refractivity contribution in [3.05, 3.63) is 32.0 Å². The number of hydrogen-bond donors (Lipinski definition) is 1. The van der Waals surface area contributed by atoms with Gasteiger partial charge in [0.05, 0.1) is 8.93 Å². The molecule has 0 aliphatic carbocycles. The van der Waals surface area contributed by atoms with Crippen LogP contribution in [-0.4, -0.2) is 21.3 Å². The van der Waals surface area contributed by atoms with Gasteiger partial charge < -0.3 is 5.32 Å². The Bertz CT molecular complexity index is 494. The molecular weight excluding hydrogens is 359 g/mol. The second-order valence-electron chi connectivity index (χ2n) is 4.01. The summed E-state index contributed by atoms with van der Waals surface area (Å²) in [5.41, 5.74) is 1.28. The molecule has 1 N–H and O–H groups in total. The summed E-state index contributed by atoms with van der Waals surface area (Å²) in [6.07, 6.45) is 2.74. The minimum atomic E-state index is 0.146. The Labute approximate surface area is 125 Å². The molecule has 1 unspecified atom stereocenters. The zero-order valence-corrected chi connectivity index (χ0v) is 13.5. The average molecular weight is 376 g/mol. The maximum atomic E-state index is 4.42. The molecule has 0 aliphatic rings. The zero-order chi connectivity index (χ0) is 13.0. The highest BCUT2D eigenvalue weighted by Gasteiger charge is 2.19. The zero-order valence-electron chi connectivity index (χ0n) is 10.6. The van der Waals surface area contributed by atoms with E-state index in [0.717, 1.165) is 25.3 Å². The third kappa shape index (κ3) is 3.10. The summed E-state index contributed by atoms with van der Waals surface area (Å²) in [7, 11) is 0. The van der Waals surface area contributed by atoms with Gasteiger partial charge in [-0.2, -0.15) is 5.10 Å². The molecule has 2 heterocycles. The molecule has 98 valence electrons. The predicted octanol–water partition coefficient (Wildman–Crippen LogP) is 3.05. The molecule has 0 aliphatic heterocycles. The van der Waals surface area contributed by atoms with Gasteiger partial charge in [0.25, 0.3) is 0 Å². The molecule has 0 amide bonds. The molecular formula is C12H17IN4S. The van der Waals surface area contributed by atoms with Gasteiger partial charge in [0.2, 0.25) is 0 Å². The highest BCUT2D eigenvalue weighted by atomic mass is 127. The first-order chi connectivity index (χ1) is 8.76. The maximum Gasteiger partial charge on any atom is 0.148 e. The Morgan fingerprint density at radius 3 is 2.94 bits per heavy atom. The molecule has 0 bridgehead atoms. The standard InChI is InChI=1S/C12H17IN4S/c1-3-5-14-11(9-6-10(13)18-7-9)12-15-8-16-17(12)4-2/h6-8,11,14H,3-5H2,1-2H3. The predicted molar refractivity (Wildman–Crippen MR) is 82.9 cm³/mol. The van der Waals surface area contributed by atoms with Crippen LogP contribution in [-0.2, 0) is 6.54 Å². The van der Waals surface area contributed by atoms with Crippen LogP contribution in [0, 0.1) is 2.88 Å². The van der Waals surface area contributed by atoms with Crippen molar-refractivity contribution < 1.29 is 0 Å². The maximum absolute atomic E-state index is 4.42. The van der Waals surface area contributed by atoms with Crippen molar-refractivity contribution in [2.24, 2.45) is 0 Å². The Hall–Kier alpha value is -0.470. The highest BCUT2D eigenvalue weighted by Crippen LogP contribution is 2.26. The molecule has 0 aromatic carbocycles.